The van der Waals surface area contributed by atoms with Gasteiger partial charge in [-0.05, 0) is 55.2 Å². The fraction of sp³-hybridized carbons (Fsp3) is 0.467. The van der Waals surface area contributed by atoms with E-state index in [1.165, 1.54) is 8.99 Å². The molecule has 220 valence electrons. The Morgan fingerprint density at radius 3 is 2.41 bits per heavy atom. The molecule has 9 nitrogen and oxygen atoms in total. The lowest BCUT2D eigenvalue weighted by Crippen LogP contribution is -2.49. The van der Waals surface area contributed by atoms with Gasteiger partial charge in [0.2, 0.25) is 15.8 Å². The minimum atomic E-state index is -3.52. The van der Waals surface area contributed by atoms with Crippen molar-refractivity contribution in [2.24, 2.45) is 5.41 Å². The first kappa shape index (κ1) is 29.4. The largest absolute Gasteiger partial charge is 0.494 e. The third kappa shape index (κ3) is 7.23. The molecule has 0 bridgehead atoms. The monoisotopic (exact) mass is 600 g/mol. The molecule has 1 aromatic heterocycles. The lowest BCUT2D eigenvalue weighted by molar-refractivity contribution is 0.242. The summed E-state index contributed by atoms with van der Waals surface area (Å²) >= 11 is 6.16. The number of hydrogen-bond acceptors (Lipinski definition) is 7. The van der Waals surface area contributed by atoms with Crippen LogP contribution >= 0.6 is 11.6 Å². The molecule has 2 aromatic carbocycles. The molecule has 2 aliphatic rings. The van der Waals surface area contributed by atoms with E-state index in [9.17, 15) is 13.2 Å². The number of hydrogen-bond donors (Lipinski definition) is 0. The van der Waals surface area contributed by atoms with Crippen LogP contribution in [-0.2, 0) is 15.8 Å². The van der Waals surface area contributed by atoms with Crippen LogP contribution in [0.15, 0.2) is 59.5 Å². The SMILES string of the molecule is CCCCOc1ccc(CS(=O)(=O)N2CCN(c3cnn(-c4cccc(Cl)c4)c(=O)c3OCC3(C)CC3)CC2)cc1. The van der Waals surface area contributed by atoms with Gasteiger partial charge in [0.25, 0.3) is 0 Å². The summed E-state index contributed by atoms with van der Waals surface area (Å²) in [4.78, 5) is 15.6. The van der Waals surface area contributed by atoms with Crippen molar-refractivity contribution in [3.63, 3.8) is 0 Å². The molecule has 2 heterocycles. The number of sulfonamides is 1. The normalized spacial score (nSPS) is 16.9. The van der Waals surface area contributed by atoms with Crippen LogP contribution in [0, 0.1) is 5.41 Å². The van der Waals surface area contributed by atoms with Crippen molar-refractivity contribution in [1.29, 1.82) is 0 Å². The molecule has 2 fully saturated rings. The number of piperazine rings is 1. The molecular formula is C30H37ClN4O5S. The molecule has 1 saturated heterocycles. The van der Waals surface area contributed by atoms with Gasteiger partial charge in [0.05, 0.1) is 30.9 Å². The standard InChI is InChI=1S/C30H37ClN4O5S/c1-3-4-18-39-26-10-8-23(9-11-26)21-41(37,38)34-16-14-33(15-17-34)27-20-32-35(25-7-5-6-24(31)19-25)29(36)28(27)40-22-30(2)12-13-30/h5-11,19-20H,3-4,12-18,21-22H2,1-2H3. The van der Waals surface area contributed by atoms with E-state index in [4.69, 9.17) is 21.1 Å². The van der Waals surface area contributed by atoms with Crippen molar-refractivity contribution < 1.29 is 17.9 Å². The maximum absolute atomic E-state index is 13.6. The summed E-state index contributed by atoms with van der Waals surface area (Å²) in [5.41, 5.74) is 1.54. The van der Waals surface area contributed by atoms with E-state index in [0.29, 0.717) is 61.4 Å². The minimum absolute atomic E-state index is 0.0699. The zero-order valence-corrected chi connectivity index (χ0v) is 25.2. The maximum atomic E-state index is 13.6. The lowest BCUT2D eigenvalue weighted by Gasteiger charge is -2.35. The Balaban J connectivity index is 1.28. The summed E-state index contributed by atoms with van der Waals surface area (Å²) in [5.74, 6) is 0.894. The van der Waals surface area contributed by atoms with Gasteiger partial charge in [-0.1, -0.05) is 50.1 Å². The predicted octanol–water partition coefficient (Wildman–Crippen LogP) is 4.90. The fourth-order valence-electron chi connectivity index (χ4n) is 4.71. The number of nitrogens with zero attached hydrogens (tertiary/aromatic N) is 4. The first-order valence-electron chi connectivity index (χ1n) is 14.1. The molecule has 1 aliphatic carbocycles. The van der Waals surface area contributed by atoms with Gasteiger partial charge >= 0.3 is 5.56 Å². The molecule has 11 heteroatoms. The Kier molecular flexibility index (Phi) is 8.91. The second kappa shape index (κ2) is 12.4. The highest BCUT2D eigenvalue weighted by Gasteiger charge is 2.39. The van der Waals surface area contributed by atoms with E-state index in [0.717, 1.165) is 31.4 Å². The van der Waals surface area contributed by atoms with E-state index in [2.05, 4.69) is 18.9 Å². The molecule has 1 aliphatic heterocycles. The van der Waals surface area contributed by atoms with Crippen molar-refractivity contribution in [2.45, 2.75) is 45.3 Å². The lowest BCUT2D eigenvalue weighted by atomic mass is 10.2. The number of rotatable bonds is 12. The van der Waals surface area contributed by atoms with Gasteiger partial charge in [-0.3, -0.25) is 4.79 Å². The van der Waals surface area contributed by atoms with Crippen LogP contribution in [0.3, 0.4) is 0 Å². The molecule has 0 atom stereocenters. The fourth-order valence-corrected chi connectivity index (χ4v) is 6.41. The smallest absolute Gasteiger partial charge is 0.316 e. The number of benzene rings is 2. The average molecular weight is 601 g/mol. The van der Waals surface area contributed by atoms with Crippen LogP contribution in [0.1, 0.15) is 45.1 Å². The topological polar surface area (TPSA) is 94.0 Å². The minimum Gasteiger partial charge on any atom is -0.494 e. The summed E-state index contributed by atoms with van der Waals surface area (Å²) in [6.07, 6.45) is 5.77. The Morgan fingerprint density at radius 1 is 1.02 bits per heavy atom. The third-order valence-electron chi connectivity index (χ3n) is 7.65. The van der Waals surface area contributed by atoms with Crippen LogP contribution in [0.5, 0.6) is 11.5 Å². The number of unbranched alkanes of at least 4 members (excludes halogenated alkanes) is 1. The number of halogens is 1. The van der Waals surface area contributed by atoms with Crippen LogP contribution < -0.4 is 19.9 Å². The van der Waals surface area contributed by atoms with Crippen LogP contribution in [0.25, 0.3) is 5.69 Å². The summed E-state index contributed by atoms with van der Waals surface area (Å²) in [6, 6.07) is 14.2. The third-order valence-corrected chi connectivity index (χ3v) is 9.73. The number of aromatic nitrogens is 2. The van der Waals surface area contributed by atoms with E-state index in [1.807, 2.05) is 17.0 Å². The molecule has 0 radical (unpaired) electrons. The Morgan fingerprint density at radius 2 is 1.76 bits per heavy atom. The van der Waals surface area contributed by atoms with Crippen LogP contribution in [-0.4, -0.2) is 61.9 Å². The average Bonchev–Trinajstić information content (AvgIpc) is 3.70. The van der Waals surface area contributed by atoms with Gasteiger partial charge in [-0.2, -0.15) is 14.1 Å². The summed E-state index contributed by atoms with van der Waals surface area (Å²) in [6.45, 7) is 6.76. The number of anilines is 1. The van der Waals surface area contributed by atoms with Crippen LogP contribution in [0.4, 0.5) is 5.69 Å². The van der Waals surface area contributed by atoms with Gasteiger partial charge in [0, 0.05) is 36.6 Å². The highest BCUT2D eigenvalue weighted by atomic mass is 35.5. The van der Waals surface area contributed by atoms with Crippen molar-refractivity contribution in [1.82, 2.24) is 14.1 Å². The zero-order valence-electron chi connectivity index (χ0n) is 23.6. The Bertz CT molecular complexity index is 1510. The van der Waals surface area contributed by atoms with E-state index < -0.39 is 10.0 Å². The Labute approximate surface area is 246 Å². The second-order valence-electron chi connectivity index (χ2n) is 11.1. The number of ether oxygens (including phenoxy) is 2. The first-order chi connectivity index (χ1) is 19.7. The molecule has 41 heavy (non-hydrogen) atoms. The molecule has 0 unspecified atom stereocenters. The maximum Gasteiger partial charge on any atom is 0.316 e. The molecule has 0 spiro atoms. The van der Waals surface area contributed by atoms with Gasteiger partial charge in [0.1, 0.15) is 11.4 Å². The van der Waals surface area contributed by atoms with Crippen molar-refractivity contribution in [3.8, 4) is 17.2 Å². The molecule has 1 saturated carbocycles. The van der Waals surface area contributed by atoms with Crippen molar-refractivity contribution in [2.75, 3.05) is 44.3 Å². The van der Waals surface area contributed by atoms with Crippen molar-refractivity contribution >= 4 is 27.3 Å². The quantitative estimate of drug-likeness (QED) is 0.273. The molecule has 0 N–H and O–H groups in total. The Hall–Kier alpha value is -3.08. The first-order valence-corrected chi connectivity index (χ1v) is 16.1. The summed E-state index contributed by atoms with van der Waals surface area (Å²) in [5, 5.41) is 4.92. The highest BCUT2D eigenvalue weighted by molar-refractivity contribution is 7.88. The van der Waals surface area contributed by atoms with E-state index in [1.54, 1.807) is 42.6 Å². The molecule has 5 rings (SSSR count). The summed E-state index contributed by atoms with van der Waals surface area (Å²) in [7, 11) is -3.52. The van der Waals surface area contributed by atoms with Gasteiger partial charge in [-0.15, -0.1) is 0 Å². The zero-order chi connectivity index (χ0) is 29.0. The van der Waals surface area contributed by atoms with E-state index in [-0.39, 0.29) is 22.5 Å². The van der Waals surface area contributed by atoms with Crippen molar-refractivity contribution in [3.05, 3.63) is 75.7 Å². The molecule has 3 aromatic rings. The van der Waals surface area contributed by atoms with E-state index >= 15 is 0 Å². The van der Waals surface area contributed by atoms with Gasteiger partial charge in [0.15, 0.2) is 0 Å². The van der Waals surface area contributed by atoms with Crippen LogP contribution in [0.2, 0.25) is 5.02 Å². The predicted molar refractivity (Wildman–Crippen MR) is 161 cm³/mol. The highest BCUT2D eigenvalue weighted by Crippen LogP contribution is 2.45. The molecule has 0 amide bonds. The van der Waals surface area contributed by atoms with Gasteiger partial charge in [-0.25, -0.2) is 8.42 Å². The van der Waals surface area contributed by atoms with Gasteiger partial charge < -0.3 is 14.4 Å². The molecular weight excluding hydrogens is 564 g/mol. The second-order valence-corrected chi connectivity index (χ2v) is 13.5. The summed E-state index contributed by atoms with van der Waals surface area (Å²) < 4.78 is 41.1.